The highest BCUT2D eigenvalue weighted by molar-refractivity contribution is 7.12. The number of aryl methyl sites for hydroxylation is 2. The summed E-state index contributed by atoms with van der Waals surface area (Å²) in [6, 6.07) is 6.09. The molecule has 0 amide bonds. The molecule has 18 heavy (non-hydrogen) atoms. The molecule has 0 spiro atoms. The Morgan fingerprint density at radius 2 is 1.94 bits per heavy atom. The quantitative estimate of drug-likeness (QED) is 0.920. The minimum Gasteiger partial charge on any atom is -0.496 e. The SMILES string of the molecule is COc1ccc(F)cc1C(O)c1cc(C)sc1C. The van der Waals surface area contributed by atoms with Crippen LogP contribution in [-0.2, 0) is 0 Å². The Kier molecular flexibility index (Phi) is 3.68. The summed E-state index contributed by atoms with van der Waals surface area (Å²) >= 11 is 1.62. The van der Waals surface area contributed by atoms with Crippen molar-refractivity contribution in [1.29, 1.82) is 0 Å². The second kappa shape index (κ2) is 5.08. The monoisotopic (exact) mass is 266 g/mol. The third kappa shape index (κ3) is 2.40. The van der Waals surface area contributed by atoms with E-state index in [9.17, 15) is 9.50 Å². The van der Waals surface area contributed by atoms with Gasteiger partial charge in [0.15, 0.2) is 0 Å². The maximum absolute atomic E-state index is 13.3. The summed E-state index contributed by atoms with van der Waals surface area (Å²) in [5, 5.41) is 10.4. The van der Waals surface area contributed by atoms with Crippen molar-refractivity contribution >= 4 is 11.3 Å². The van der Waals surface area contributed by atoms with Crippen molar-refractivity contribution in [3.63, 3.8) is 0 Å². The molecule has 0 fully saturated rings. The van der Waals surface area contributed by atoms with Crippen LogP contribution < -0.4 is 4.74 Å². The van der Waals surface area contributed by atoms with Crippen LogP contribution >= 0.6 is 11.3 Å². The van der Waals surface area contributed by atoms with Gasteiger partial charge >= 0.3 is 0 Å². The average molecular weight is 266 g/mol. The molecule has 0 aliphatic heterocycles. The topological polar surface area (TPSA) is 29.5 Å². The predicted octanol–water partition coefficient (Wildman–Crippen LogP) is 3.59. The van der Waals surface area contributed by atoms with Crippen LogP contribution in [0.25, 0.3) is 0 Å². The molecule has 0 radical (unpaired) electrons. The number of benzene rings is 1. The second-order valence-electron chi connectivity index (χ2n) is 4.16. The molecule has 0 aliphatic rings. The number of halogens is 1. The molecule has 1 N–H and O–H groups in total. The summed E-state index contributed by atoms with van der Waals surface area (Å²) in [4.78, 5) is 2.16. The van der Waals surface area contributed by atoms with E-state index in [4.69, 9.17) is 4.74 Å². The molecule has 4 heteroatoms. The predicted molar refractivity (Wildman–Crippen MR) is 70.8 cm³/mol. The van der Waals surface area contributed by atoms with Gasteiger partial charge in [-0.05, 0) is 43.7 Å². The van der Waals surface area contributed by atoms with Crippen LogP contribution in [0.2, 0.25) is 0 Å². The third-order valence-corrected chi connectivity index (χ3v) is 3.84. The maximum Gasteiger partial charge on any atom is 0.125 e. The summed E-state index contributed by atoms with van der Waals surface area (Å²) in [6.45, 7) is 3.93. The smallest absolute Gasteiger partial charge is 0.125 e. The van der Waals surface area contributed by atoms with E-state index in [0.717, 1.165) is 15.3 Å². The first kappa shape index (κ1) is 13.1. The van der Waals surface area contributed by atoms with E-state index in [1.54, 1.807) is 11.3 Å². The molecule has 1 unspecified atom stereocenters. The van der Waals surface area contributed by atoms with E-state index in [0.29, 0.717) is 11.3 Å². The first-order chi connectivity index (χ1) is 8.52. The minimum absolute atomic E-state index is 0.380. The van der Waals surface area contributed by atoms with Gasteiger partial charge < -0.3 is 9.84 Å². The van der Waals surface area contributed by atoms with Crippen LogP contribution in [0.4, 0.5) is 4.39 Å². The van der Waals surface area contributed by atoms with Gasteiger partial charge in [-0.15, -0.1) is 11.3 Å². The number of methoxy groups -OCH3 is 1. The van der Waals surface area contributed by atoms with Gasteiger partial charge in [-0.1, -0.05) is 0 Å². The van der Waals surface area contributed by atoms with Crippen LogP contribution in [0.15, 0.2) is 24.3 Å². The summed E-state index contributed by atoms with van der Waals surface area (Å²) in [6.07, 6.45) is -0.861. The molecule has 1 atom stereocenters. The fraction of sp³-hybridized carbons (Fsp3) is 0.286. The lowest BCUT2D eigenvalue weighted by atomic mass is 10.0. The number of aliphatic hydroxyl groups excluding tert-OH is 1. The van der Waals surface area contributed by atoms with Gasteiger partial charge in [0.05, 0.1) is 7.11 Å². The first-order valence-corrected chi connectivity index (χ1v) is 6.43. The van der Waals surface area contributed by atoms with Gasteiger partial charge in [-0.3, -0.25) is 0 Å². The molecule has 0 aliphatic carbocycles. The Morgan fingerprint density at radius 3 is 2.50 bits per heavy atom. The van der Waals surface area contributed by atoms with Crippen molar-refractivity contribution in [1.82, 2.24) is 0 Å². The zero-order valence-electron chi connectivity index (χ0n) is 10.5. The van der Waals surface area contributed by atoms with Crippen molar-refractivity contribution < 1.29 is 14.2 Å². The normalized spacial score (nSPS) is 12.5. The second-order valence-corrected chi connectivity index (χ2v) is 5.62. The Labute approximate surface area is 110 Å². The fourth-order valence-corrected chi connectivity index (χ4v) is 2.97. The van der Waals surface area contributed by atoms with Crippen molar-refractivity contribution in [3.8, 4) is 5.75 Å². The lowest BCUT2D eigenvalue weighted by Gasteiger charge is -2.15. The van der Waals surface area contributed by atoms with Gasteiger partial charge in [-0.25, -0.2) is 4.39 Å². The summed E-state index contributed by atoms with van der Waals surface area (Å²) in [5.74, 6) is 0.113. The Bertz CT molecular complexity index is 563. The summed E-state index contributed by atoms with van der Waals surface area (Å²) < 4.78 is 18.5. The fourth-order valence-electron chi connectivity index (χ4n) is 2.01. The zero-order valence-corrected chi connectivity index (χ0v) is 11.3. The van der Waals surface area contributed by atoms with Gasteiger partial charge in [-0.2, -0.15) is 0 Å². The molecular formula is C14H15FO2S. The van der Waals surface area contributed by atoms with Gasteiger partial charge in [0.25, 0.3) is 0 Å². The molecule has 96 valence electrons. The number of hydrogen-bond acceptors (Lipinski definition) is 3. The number of rotatable bonds is 3. The highest BCUT2D eigenvalue weighted by Gasteiger charge is 2.19. The molecule has 2 aromatic rings. The highest BCUT2D eigenvalue weighted by Crippen LogP contribution is 2.35. The van der Waals surface area contributed by atoms with E-state index in [1.807, 2.05) is 19.9 Å². The summed E-state index contributed by atoms with van der Waals surface area (Å²) in [5.41, 5.74) is 1.26. The number of hydrogen-bond donors (Lipinski definition) is 1. The van der Waals surface area contributed by atoms with E-state index in [1.165, 1.54) is 25.3 Å². The molecule has 2 rings (SSSR count). The average Bonchev–Trinajstić information content (AvgIpc) is 2.67. The molecule has 0 saturated carbocycles. The van der Waals surface area contributed by atoms with Crippen LogP contribution in [0.3, 0.4) is 0 Å². The number of aliphatic hydroxyl groups is 1. The summed E-state index contributed by atoms with van der Waals surface area (Å²) in [7, 11) is 1.51. The van der Waals surface area contributed by atoms with E-state index in [2.05, 4.69) is 0 Å². The van der Waals surface area contributed by atoms with E-state index >= 15 is 0 Å². The third-order valence-electron chi connectivity index (χ3n) is 2.86. The van der Waals surface area contributed by atoms with Crippen LogP contribution in [0.1, 0.15) is 27.0 Å². The number of ether oxygens (including phenoxy) is 1. The Hall–Kier alpha value is -1.39. The van der Waals surface area contributed by atoms with Gasteiger partial charge in [0, 0.05) is 15.3 Å². The molecule has 1 aromatic heterocycles. The highest BCUT2D eigenvalue weighted by atomic mass is 32.1. The van der Waals surface area contributed by atoms with Crippen molar-refractivity contribution in [3.05, 3.63) is 51.0 Å². The van der Waals surface area contributed by atoms with Crippen LogP contribution in [0, 0.1) is 19.7 Å². The van der Waals surface area contributed by atoms with E-state index in [-0.39, 0.29) is 5.82 Å². The van der Waals surface area contributed by atoms with Crippen LogP contribution in [0.5, 0.6) is 5.75 Å². The molecular weight excluding hydrogens is 251 g/mol. The van der Waals surface area contributed by atoms with Gasteiger partial charge in [0.2, 0.25) is 0 Å². The molecule has 1 heterocycles. The van der Waals surface area contributed by atoms with Crippen molar-refractivity contribution in [2.24, 2.45) is 0 Å². The number of thiophene rings is 1. The standard InChI is InChI=1S/C14H15FO2S/c1-8-6-11(9(2)18-8)14(16)12-7-10(15)4-5-13(12)17-3/h4-7,14,16H,1-3H3. The molecule has 2 nitrogen and oxygen atoms in total. The zero-order chi connectivity index (χ0) is 13.3. The molecule has 1 aromatic carbocycles. The minimum atomic E-state index is -0.861. The molecule has 0 saturated heterocycles. The Balaban J connectivity index is 2.48. The van der Waals surface area contributed by atoms with Crippen molar-refractivity contribution in [2.45, 2.75) is 20.0 Å². The van der Waals surface area contributed by atoms with Crippen LogP contribution in [-0.4, -0.2) is 12.2 Å². The van der Waals surface area contributed by atoms with E-state index < -0.39 is 6.10 Å². The molecule has 0 bridgehead atoms. The lowest BCUT2D eigenvalue weighted by molar-refractivity contribution is 0.214. The lowest BCUT2D eigenvalue weighted by Crippen LogP contribution is -2.03. The van der Waals surface area contributed by atoms with Gasteiger partial charge in [0.1, 0.15) is 17.7 Å². The maximum atomic E-state index is 13.3. The first-order valence-electron chi connectivity index (χ1n) is 5.61. The largest absolute Gasteiger partial charge is 0.496 e. The van der Waals surface area contributed by atoms with Crippen molar-refractivity contribution in [2.75, 3.05) is 7.11 Å². The Morgan fingerprint density at radius 1 is 1.22 bits per heavy atom.